The predicted molar refractivity (Wildman–Crippen MR) is 146 cm³/mol. The van der Waals surface area contributed by atoms with Crippen LogP contribution < -0.4 is 19.5 Å². The number of halogens is 4. The van der Waals surface area contributed by atoms with Gasteiger partial charge in [0.15, 0.2) is 41.2 Å². The summed E-state index contributed by atoms with van der Waals surface area (Å²) in [6, 6.07) is 10.8. The van der Waals surface area contributed by atoms with Gasteiger partial charge in [-0.3, -0.25) is 0 Å². The molecule has 0 saturated heterocycles. The summed E-state index contributed by atoms with van der Waals surface area (Å²) >= 11 is 5.83. The maximum atomic E-state index is 14.8. The Morgan fingerprint density at radius 3 is 2.19 bits per heavy atom. The summed E-state index contributed by atoms with van der Waals surface area (Å²) in [6.45, 7) is -1.86. The van der Waals surface area contributed by atoms with Crippen molar-refractivity contribution < 1.29 is 53.3 Å². The second kappa shape index (κ2) is 14.3. The Labute approximate surface area is 242 Å². The van der Waals surface area contributed by atoms with Gasteiger partial charge in [-0.1, -0.05) is 11.6 Å². The highest BCUT2D eigenvalue weighted by molar-refractivity contribution is 6.30. The summed E-state index contributed by atoms with van der Waals surface area (Å²) in [4.78, 5) is 8.28. The molecule has 0 radical (unpaired) electrons. The first-order valence-corrected chi connectivity index (χ1v) is 12.4. The third-order valence-corrected chi connectivity index (χ3v) is 6.20. The number of alkyl halides is 1. The quantitative estimate of drug-likeness (QED) is 0.159. The molecule has 3 aromatic carbocycles. The molecule has 1 heterocycles. The van der Waals surface area contributed by atoms with Crippen LogP contribution in [0.2, 0.25) is 5.02 Å². The summed E-state index contributed by atoms with van der Waals surface area (Å²) in [6.07, 6.45) is -6.44. The molecule has 0 bridgehead atoms. The zero-order chi connectivity index (χ0) is 29.7. The van der Waals surface area contributed by atoms with Crippen molar-refractivity contribution in [1.82, 2.24) is 9.97 Å². The minimum Gasteiger partial charge on any atom is -0.493 e. The molecule has 4 rings (SSSR count). The topological polar surface area (TPSA) is 178 Å². The number of nitrogens with one attached hydrogen (secondary N) is 1. The number of rotatable bonds is 12. The molecular weight excluding hydrogens is 587 g/mol. The minimum atomic E-state index is -2.17. The second-order valence-electron chi connectivity index (χ2n) is 8.71. The number of nitrogens with zero attached hydrogens (tertiary/aromatic N) is 2. The van der Waals surface area contributed by atoms with E-state index in [1.165, 1.54) is 49.8 Å². The molecule has 0 saturated carbocycles. The number of fused-ring (bicyclic) bond motifs is 1. The maximum absolute atomic E-state index is 14.8. The summed E-state index contributed by atoms with van der Waals surface area (Å²) in [5.74, 6) is -2.22. The number of hydrogen-bond donors (Lipinski definition) is 5. The van der Waals surface area contributed by atoms with Crippen molar-refractivity contribution >= 4 is 34.0 Å². The minimum absolute atomic E-state index is 0. The van der Waals surface area contributed by atoms with Crippen molar-refractivity contribution in [1.29, 1.82) is 0 Å². The molecule has 42 heavy (non-hydrogen) atoms. The number of hydrogen-bond acceptors (Lipinski definition) is 10. The summed E-state index contributed by atoms with van der Waals surface area (Å²) < 4.78 is 59.6. The molecule has 11 nitrogen and oxygen atoms in total. The predicted octanol–water partition coefficient (Wildman–Crippen LogP) is 3.07. The van der Waals surface area contributed by atoms with E-state index in [-0.39, 0.29) is 39.7 Å². The van der Waals surface area contributed by atoms with Crippen LogP contribution in [0.1, 0.15) is 0 Å². The second-order valence-corrected chi connectivity index (χ2v) is 9.15. The van der Waals surface area contributed by atoms with Gasteiger partial charge >= 0.3 is 0 Å². The van der Waals surface area contributed by atoms with E-state index in [1.54, 1.807) is 0 Å². The molecule has 0 amide bonds. The molecule has 0 aliphatic carbocycles. The van der Waals surface area contributed by atoms with Crippen LogP contribution in [0.3, 0.4) is 0 Å². The van der Waals surface area contributed by atoms with Gasteiger partial charge in [0.05, 0.1) is 25.8 Å². The van der Waals surface area contributed by atoms with Gasteiger partial charge in [-0.2, -0.15) is 0 Å². The Kier molecular flexibility index (Phi) is 11.1. The molecule has 0 aliphatic rings. The lowest BCUT2D eigenvalue weighted by Crippen LogP contribution is -2.48. The van der Waals surface area contributed by atoms with Crippen LogP contribution in [0.15, 0.2) is 54.9 Å². The highest BCUT2D eigenvalue weighted by atomic mass is 35.5. The van der Waals surface area contributed by atoms with Crippen LogP contribution in [-0.4, -0.2) is 80.7 Å². The van der Waals surface area contributed by atoms with Crippen LogP contribution in [0.5, 0.6) is 23.0 Å². The number of aromatic nitrogens is 2. The average molecular weight is 614 g/mol. The van der Waals surface area contributed by atoms with Gasteiger partial charge in [-0.05, 0) is 30.3 Å². The van der Waals surface area contributed by atoms with Crippen LogP contribution in [0.4, 0.5) is 24.7 Å². The molecule has 4 atom stereocenters. The highest BCUT2D eigenvalue weighted by Crippen LogP contribution is 2.37. The lowest BCUT2D eigenvalue weighted by atomic mass is 10.0. The first kappa shape index (κ1) is 32.6. The van der Waals surface area contributed by atoms with E-state index in [0.29, 0.717) is 10.4 Å². The van der Waals surface area contributed by atoms with E-state index in [4.69, 9.17) is 30.9 Å². The lowest BCUT2D eigenvalue weighted by molar-refractivity contribution is -0.0981. The van der Waals surface area contributed by atoms with Crippen molar-refractivity contribution in [3.8, 4) is 23.0 Å². The average Bonchev–Trinajstić information content (AvgIpc) is 2.97. The molecule has 0 aliphatic heterocycles. The Balaban J connectivity index is 0.00000484. The van der Waals surface area contributed by atoms with E-state index in [9.17, 15) is 28.5 Å². The Hall–Kier alpha value is -3.92. The van der Waals surface area contributed by atoms with E-state index < -0.39 is 55.1 Å². The Bertz CT molecular complexity index is 1480. The number of aliphatic hydroxyl groups is 4. The van der Waals surface area contributed by atoms with Gasteiger partial charge in [0, 0.05) is 34.3 Å². The van der Waals surface area contributed by atoms with Crippen molar-refractivity contribution in [3.05, 3.63) is 71.5 Å². The monoisotopic (exact) mass is 613 g/mol. The standard InChI is InChI=1S/C27H25ClF3N3O7.H2O/c1-39-21-8-16-20(9-22(21)41-23(11-36)25(38)24(37)19(31)10-35)32-12-33-27(16)34-14-6-17(29)26(18(30)7-14)40-15-4-2-13(28)3-5-15;/h2-9,12,19,23-25,35-38H,10-11H2,1H3,(H,32,33,34);1H2/t19-,23-,24+,25+;/m1./s1. The van der Waals surface area contributed by atoms with Crippen LogP contribution in [-0.2, 0) is 0 Å². The zero-order valence-corrected chi connectivity index (χ0v) is 22.6. The van der Waals surface area contributed by atoms with E-state index >= 15 is 0 Å². The summed E-state index contributed by atoms with van der Waals surface area (Å²) in [7, 11) is 1.30. The number of aliphatic hydroxyl groups excluding tert-OH is 4. The first-order valence-electron chi connectivity index (χ1n) is 12.1. The van der Waals surface area contributed by atoms with Crippen molar-refractivity contribution in [2.45, 2.75) is 24.5 Å². The van der Waals surface area contributed by atoms with Gasteiger partial charge in [0.2, 0.25) is 0 Å². The third kappa shape index (κ3) is 7.28. The first-order chi connectivity index (χ1) is 19.6. The summed E-state index contributed by atoms with van der Waals surface area (Å²) in [5, 5.41) is 42.3. The fourth-order valence-corrected chi connectivity index (χ4v) is 3.95. The SMILES string of the molecule is COc1cc2c(Nc3cc(F)c(Oc4ccc(Cl)cc4)c(F)c3)ncnc2cc1O[C@H](CO)[C@H](O)[C@@H](O)[C@H](F)CO.O. The fraction of sp³-hybridized carbons (Fsp3) is 0.259. The van der Waals surface area contributed by atoms with E-state index in [2.05, 4.69) is 15.3 Å². The number of anilines is 2. The molecule has 0 fully saturated rings. The molecule has 0 unspecified atom stereocenters. The van der Waals surface area contributed by atoms with Crippen LogP contribution in [0.25, 0.3) is 10.9 Å². The molecule has 226 valence electrons. The maximum Gasteiger partial charge on any atom is 0.198 e. The molecule has 0 spiro atoms. The summed E-state index contributed by atoms with van der Waals surface area (Å²) in [5.41, 5.74) is 0.261. The molecule has 7 N–H and O–H groups in total. The van der Waals surface area contributed by atoms with Crippen LogP contribution >= 0.6 is 11.6 Å². The van der Waals surface area contributed by atoms with Gasteiger partial charge in [-0.15, -0.1) is 0 Å². The fourth-order valence-electron chi connectivity index (χ4n) is 3.82. The Morgan fingerprint density at radius 2 is 1.60 bits per heavy atom. The van der Waals surface area contributed by atoms with Gasteiger partial charge in [0.1, 0.15) is 30.1 Å². The van der Waals surface area contributed by atoms with Crippen molar-refractivity contribution in [2.75, 3.05) is 25.6 Å². The molecule has 1 aromatic heterocycles. The number of ether oxygens (including phenoxy) is 3. The van der Waals surface area contributed by atoms with Gasteiger partial charge in [0.25, 0.3) is 0 Å². The van der Waals surface area contributed by atoms with Crippen molar-refractivity contribution in [2.24, 2.45) is 0 Å². The van der Waals surface area contributed by atoms with E-state index in [0.717, 1.165) is 12.1 Å². The largest absolute Gasteiger partial charge is 0.493 e. The third-order valence-electron chi connectivity index (χ3n) is 5.95. The smallest absolute Gasteiger partial charge is 0.198 e. The number of methoxy groups -OCH3 is 1. The van der Waals surface area contributed by atoms with Gasteiger partial charge < -0.3 is 45.4 Å². The highest BCUT2D eigenvalue weighted by Gasteiger charge is 2.34. The molecule has 4 aromatic rings. The lowest BCUT2D eigenvalue weighted by Gasteiger charge is -2.28. The van der Waals surface area contributed by atoms with E-state index in [1.807, 2.05) is 0 Å². The Morgan fingerprint density at radius 1 is 0.929 bits per heavy atom. The zero-order valence-electron chi connectivity index (χ0n) is 21.8. The molecule has 15 heteroatoms. The van der Waals surface area contributed by atoms with Crippen molar-refractivity contribution in [3.63, 3.8) is 0 Å². The van der Waals surface area contributed by atoms with Crippen LogP contribution in [0, 0.1) is 11.6 Å². The normalized spacial score (nSPS) is 13.9. The molecular formula is C27H27ClF3N3O8. The van der Waals surface area contributed by atoms with Gasteiger partial charge in [-0.25, -0.2) is 23.1 Å². The number of benzene rings is 3.